The number of hydrogen-bond acceptors (Lipinski definition) is 2. The van der Waals surface area contributed by atoms with Crippen molar-refractivity contribution in [2.75, 3.05) is 11.9 Å². The van der Waals surface area contributed by atoms with Crippen molar-refractivity contribution in [3.63, 3.8) is 0 Å². The zero-order chi connectivity index (χ0) is 9.68. The molecule has 0 fully saturated rings. The third-order valence-electron chi connectivity index (χ3n) is 1.75. The van der Waals surface area contributed by atoms with Gasteiger partial charge in [0.2, 0.25) is 5.91 Å². The summed E-state index contributed by atoms with van der Waals surface area (Å²) in [5, 5.41) is 8.33. The molecule has 1 aromatic rings. The number of para-hydroxylation sites is 1. The maximum Gasteiger partial charge on any atom is 0.240 e. The summed E-state index contributed by atoms with van der Waals surface area (Å²) < 4.78 is 0. The highest BCUT2D eigenvalue weighted by Crippen LogP contribution is 2.11. The number of hydrogen-bond donors (Lipinski definition) is 0. The molecular weight excluding hydrogens is 164 g/mol. The van der Waals surface area contributed by atoms with E-state index in [-0.39, 0.29) is 12.3 Å². The Balaban J connectivity index is 2.75. The first-order valence-corrected chi connectivity index (χ1v) is 3.94. The van der Waals surface area contributed by atoms with Crippen molar-refractivity contribution in [1.82, 2.24) is 0 Å². The van der Waals surface area contributed by atoms with Crippen molar-refractivity contribution >= 4 is 11.6 Å². The Morgan fingerprint density at radius 1 is 1.46 bits per heavy atom. The molecule has 0 spiro atoms. The minimum Gasteiger partial charge on any atom is -0.315 e. The fourth-order valence-electron chi connectivity index (χ4n) is 0.982. The Kier molecular flexibility index (Phi) is 3.04. The van der Waals surface area contributed by atoms with Gasteiger partial charge in [-0.1, -0.05) is 18.2 Å². The third kappa shape index (κ3) is 2.31. The number of anilines is 1. The van der Waals surface area contributed by atoms with Crippen LogP contribution in [0.5, 0.6) is 0 Å². The average molecular weight is 174 g/mol. The van der Waals surface area contributed by atoms with Crippen LogP contribution in [0.4, 0.5) is 5.69 Å². The normalized spacial score (nSPS) is 8.92. The van der Waals surface area contributed by atoms with Crippen molar-refractivity contribution in [3.8, 4) is 6.07 Å². The van der Waals surface area contributed by atoms with Crippen LogP contribution in [0, 0.1) is 11.3 Å². The van der Waals surface area contributed by atoms with E-state index in [1.54, 1.807) is 7.05 Å². The second-order valence-corrected chi connectivity index (χ2v) is 2.62. The van der Waals surface area contributed by atoms with Gasteiger partial charge in [-0.05, 0) is 12.1 Å². The molecule has 0 heterocycles. The molecule has 0 aliphatic carbocycles. The smallest absolute Gasteiger partial charge is 0.240 e. The summed E-state index contributed by atoms with van der Waals surface area (Å²) in [7, 11) is 1.66. The monoisotopic (exact) mass is 174 g/mol. The third-order valence-corrected chi connectivity index (χ3v) is 1.75. The molecular formula is C10H10N2O. The van der Waals surface area contributed by atoms with E-state index >= 15 is 0 Å². The van der Waals surface area contributed by atoms with E-state index < -0.39 is 0 Å². The molecule has 0 radical (unpaired) electrons. The molecule has 0 saturated carbocycles. The summed E-state index contributed by atoms with van der Waals surface area (Å²) >= 11 is 0. The first kappa shape index (κ1) is 9.27. The summed E-state index contributed by atoms with van der Waals surface area (Å²) in [5.74, 6) is -0.186. The van der Waals surface area contributed by atoms with Gasteiger partial charge in [0.15, 0.2) is 0 Å². The van der Waals surface area contributed by atoms with Gasteiger partial charge in [-0.25, -0.2) is 0 Å². The SMILES string of the molecule is CN(C(=O)CC#N)c1ccccc1. The van der Waals surface area contributed by atoms with Crippen LogP contribution in [0.25, 0.3) is 0 Å². The Morgan fingerprint density at radius 3 is 2.62 bits per heavy atom. The zero-order valence-corrected chi connectivity index (χ0v) is 7.40. The van der Waals surface area contributed by atoms with Gasteiger partial charge in [-0.3, -0.25) is 4.79 Å². The molecule has 0 aliphatic rings. The van der Waals surface area contributed by atoms with Crippen LogP contribution in [0.3, 0.4) is 0 Å². The fourth-order valence-corrected chi connectivity index (χ4v) is 0.982. The van der Waals surface area contributed by atoms with Gasteiger partial charge < -0.3 is 4.90 Å². The molecule has 1 rings (SSSR count). The van der Waals surface area contributed by atoms with E-state index in [0.717, 1.165) is 5.69 Å². The molecule has 0 aliphatic heterocycles. The molecule has 1 aromatic carbocycles. The lowest BCUT2D eigenvalue weighted by Gasteiger charge is -2.14. The van der Waals surface area contributed by atoms with Gasteiger partial charge in [0, 0.05) is 12.7 Å². The van der Waals surface area contributed by atoms with Crippen molar-refractivity contribution < 1.29 is 4.79 Å². The number of carbonyl (C=O) groups excluding carboxylic acids is 1. The predicted octanol–water partition coefficient (Wildman–Crippen LogP) is 1.56. The second kappa shape index (κ2) is 4.27. The Morgan fingerprint density at radius 2 is 2.08 bits per heavy atom. The fraction of sp³-hybridized carbons (Fsp3) is 0.200. The summed E-state index contributed by atoms with van der Waals surface area (Å²) in [6.45, 7) is 0. The molecule has 0 atom stereocenters. The van der Waals surface area contributed by atoms with Crippen molar-refractivity contribution in [1.29, 1.82) is 5.26 Å². The molecule has 3 nitrogen and oxygen atoms in total. The number of nitrogens with zero attached hydrogens (tertiary/aromatic N) is 2. The minimum absolute atomic E-state index is 0.0780. The molecule has 0 saturated heterocycles. The summed E-state index contributed by atoms with van der Waals surface area (Å²) in [6.07, 6.45) is -0.0780. The molecule has 0 bridgehead atoms. The Bertz CT molecular complexity index is 327. The molecule has 0 N–H and O–H groups in total. The largest absolute Gasteiger partial charge is 0.315 e. The van der Waals surface area contributed by atoms with E-state index in [4.69, 9.17) is 5.26 Å². The highest BCUT2D eigenvalue weighted by atomic mass is 16.2. The van der Waals surface area contributed by atoms with Crippen LogP contribution in [-0.4, -0.2) is 13.0 Å². The lowest BCUT2D eigenvalue weighted by atomic mass is 10.3. The van der Waals surface area contributed by atoms with Crippen molar-refractivity contribution in [3.05, 3.63) is 30.3 Å². The summed E-state index contributed by atoms with van der Waals surface area (Å²) in [6, 6.07) is 11.1. The lowest BCUT2D eigenvalue weighted by molar-refractivity contribution is -0.117. The number of amides is 1. The van der Waals surface area contributed by atoms with E-state index in [1.807, 2.05) is 36.4 Å². The predicted molar refractivity (Wildman–Crippen MR) is 50.1 cm³/mol. The van der Waals surface area contributed by atoms with Crippen LogP contribution < -0.4 is 4.90 Å². The average Bonchev–Trinajstić information content (AvgIpc) is 2.18. The molecule has 13 heavy (non-hydrogen) atoms. The minimum atomic E-state index is -0.186. The van der Waals surface area contributed by atoms with Crippen molar-refractivity contribution in [2.45, 2.75) is 6.42 Å². The van der Waals surface area contributed by atoms with E-state index in [0.29, 0.717) is 0 Å². The zero-order valence-electron chi connectivity index (χ0n) is 7.40. The lowest BCUT2D eigenvalue weighted by Crippen LogP contribution is -2.25. The quantitative estimate of drug-likeness (QED) is 0.683. The Labute approximate surface area is 77.2 Å². The first-order valence-electron chi connectivity index (χ1n) is 3.94. The Hall–Kier alpha value is -1.82. The van der Waals surface area contributed by atoms with Crippen LogP contribution in [0.1, 0.15) is 6.42 Å². The van der Waals surface area contributed by atoms with Crippen LogP contribution in [0.2, 0.25) is 0 Å². The maximum absolute atomic E-state index is 11.2. The van der Waals surface area contributed by atoms with E-state index in [2.05, 4.69) is 0 Å². The molecule has 0 aromatic heterocycles. The first-order chi connectivity index (χ1) is 6.25. The second-order valence-electron chi connectivity index (χ2n) is 2.62. The number of benzene rings is 1. The van der Waals surface area contributed by atoms with Crippen LogP contribution in [-0.2, 0) is 4.79 Å². The summed E-state index contributed by atoms with van der Waals surface area (Å²) in [5.41, 5.74) is 0.808. The van der Waals surface area contributed by atoms with Gasteiger partial charge in [-0.2, -0.15) is 5.26 Å². The topological polar surface area (TPSA) is 44.1 Å². The molecule has 3 heteroatoms. The number of nitriles is 1. The molecule has 0 unspecified atom stereocenters. The van der Waals surface area contributed by atoms with E-state index in [9.17, 15) is 4.79 Å². The maximum atomic E-state index is 11.2. The van der Waals surface area contributed by atoms with Gasteiger partial charge in [0.25, 0.3) is 0 Å². The molecule has 1 amide bonds. The number of carbonyl (C=O) groups is 1. The standard InChI is InChI=1S/C10H10N2O/c1-12(10(13)7-8-11)9-5-3-2-4-6-9/h2-6H,7H2,1H3. The van der Waals surface area contributed by atoms with Gasteiger partial charge in [0.1, 0.15) is 6.42 Å². The van der Waals surface area contributed by atoms with Gasteiger partial charge >= 0.3 is 0 Å². The van der Waals surface area contributed by atoms with Crippen LogP contribution in [0.15, 0.2) is 30.3 Å². The highest BCUT2D eigenvalue weighted by Gasteiger charge is 2.08. The van der Waals surface area contributed by atoms with E-state index in [1.165, 1.54) is 4.90 Å². The highest BCUT2D eigenvalue weighted by molar-refractivity contribution is 5.93. The van der Waals surface area contributed by atoms with Gasteiger partial charge in [-0.15, -0.1) is 0 Å². The van der Waals surface area contributed by atoms with Gasteiger partial charge in [0.05, 0.1) is 6.07 Å². The number of rotatable bonds is 2. The molecule has 66 valence electrons. The van der Waals surface area contributed by atoms with Crippen LogP contribution >= 0.6 is 0 Å². The summed E-state index contributed by atoms with van der Waals surface area (Å²) in [4.78, 5) is 12.7. The van der Waals surface area contributed by atoms with Crippen molar-refractivity contribution in [2.24, 2.45) is 0 Å².